The Morgan fingerprint density at radius 2 is 1.85 bits per heavy atom. The molecule has 1 aliphatic rings. The minimum atomic E-state index is 0.0234. The summed E-state index contributed by atoms with van der Waals surface area (Å²) in [7, 11) is 0. The highest BCUT2D eigenvalue weighted by molar-refractivity contribution is 7.09. The molecule has 20 heavy (non-hydrogen) atoms. The van der Waals surface area contributed by atoms with Crippen LogP contribution in [-0.4, -0.2) is 52.8 Å². The maximum atomic E-state index is 12.2. The smallest absolute Gasteiger partial charge is 0.228 e. The number of rotatable bonds is 3. The van der Waals surface area contributed by atoms with Gasteiger partial charge in [-0.3, -0.25) is 9.59 Å². The fourth-order valence-electron chi connectivity index (χ4n) is 2.30. The number of hydrogen-bond acceptors (Lipinski definition) is 4. The molecule has 0 aliphatic carbocycles. The first-order valence-electron chi connectivity index (χ1n) is 6.95. The van der Waals surface area contributed by atoms with Gasteiger partial charge in [0, 0.05) is 37.5 Å². The normalized spacial score (nSPS) is 15.8. The zero-order valence-electron chi connectivity index (χ0n) is 12.3. The van der Waals surface area contributed by atoms with E-state index < -0.39 is 0 Å². The van der Waals surface area contributed by atoms with E-state index in [4.69, 9.17) is 0 Å². The predicted molar refractivity (Wildman–Crippen MR) is 78.6 cm³/mol. The molecule has 0 bridgehead atoms. The van der Waals surface area contributed by atoms with Gasteiger partial charge in [0.1, 0.15) is 0 Å². The van der Waals surface area contributed by atoms with Crippen LogP contribution >= 0.6 is 11.3 Å². The number of carbonyl (C=O) groups is 2. The maximum Gasteiger partial charge on any atom is 0.228 e. The van der Waals surface area contributed by atoms with Crippen LogP contribution in [-0.2, 0) is 16.0 Å². The number of carbonyl (C=O) groups excluding carboxylic acids is 2. The molecular weight excluding hydrogens is 274 g/mol. The van der Waals surface area contributed by atoms with Gasteiger partial charge in [0.25, 0.3) is 0 Å². The fourth-order valence-corrected chi connectivity index (χ4v) is 2.91. The van der Waals surface area contributed by atoms with Gasteiger partial charge in [-0.25, -0.2) is 4.98 Å². The van der Waals surface area contributed by atoms with Crippen LogP contribution in [0.5, 0.6) is 0 Å². The van der Waals surface area contributed by atoms with E-state index in [1.54, 1.807) is 11.3 Å². The van der Waals surface area contributed by atoms with Crippen molar-refractivity contribution in [2.45, 2.75) is 27.2 Å². The van der Waals surface area contributed by atoms with Crippen molar-refractivity contribution in [1.82, 2.24) is 14.8 Å². The molecule has 0 saturated carbocycles. The van der Waals surface area contributed by atoms with E-state index in [0.717, 1.165) is 10.7 Å². The first kappa shape index (κ1) is 15.0. The third-order valence-corrected chi connectivity index (χ3v) is 4.26. The Balaban J connectivity index is 1.84. The van der Waals surface area contributed by atoms with Gasteiger partial charge in [-0.2, -0.15) is 0 Å². The van der Waals surface area contributed by atoms with Crippen LogP contribution in [0.2, 0.25) is 0 Å². The molecule has 0 atom stereocenters. The van der Waals surface area contributed by atoms with Crippen LogP contribution in [0.4, 0.5) is 0 Å². The molecule has 2 rings (SSSR count). The molecule has 1 aromatic heterocycles. The number of piperazine rings is 1. The van der Waals surface area contributed by atoms with Crippen LogP contribution in [0.1, 0.15) is 24.5 Å². The number of aromatic nitrogens is 1. The molecule has 1 aliphatic heterocycles. The van der Waals surface area contributed by atoms with E-state index in [9.17, 15) is 9.59 Å². The predicted octanol–water partition coefficient (Wildman–Crippen LogP) is 1.32. The van der Waals surface area contributed by atoms with E-state index >= 15 is 0 Å². The van der Waals surface area contributed by atoms with Crippen molar-refractivity contribution in [2.24, 2.45) is 5.92 Å². The molecule has 5 nitrogen and oxygen atoms in total. The van der Waals surface area contributed by atoms with Gasteiger partial charge in [0.05, 0.1) is 17.1 Å². The van der Waals surface area contributed by atoms with Gasteiger partial charge in [-0.15, -0.1) is 11.3 Å². The number of aryl methyl sites for hydroxylation is 1. The molecule has 0 spiro atoms. The van der Waals surface area contributed by atoms with Crippen molar-refractivity contribution in [3.63, 3.8) is 0 Å². The van der Waals surface area contributed by atoms with Crippen molar-refractivity contribution in [2.75, 3.05) is 26.2 Å². The highest BCUT2D eigenvalue weighted by Crippen LogP contribution is 2.12. The molecule has 2 heterocycles. The second-order valence-corrected chi connectivity index (χ2v) is 6.46. The average molecular weight is 295 g/mol. The number of hydrogen-bond donors (Lipinski definition) is 0. The van der Waals surface area contributed by atoms with E-state index in [1.165, 1.54) is 0 Å². The van der Waals surface area contributed by atoms with Crippen molar-refractivity contribution < 1.29 is 9.59 Å². The van der Waals surface area contributed by atoms with E-state index in [-0.39, 0.29) is 17.7 Å². The third kappa shape index (κ3) is 3.56. The van der Waals surface area contributed by atoms with Crippen LogP contribution in [0.25, 0.3) is 0 Å². The van der Waals surface area contributed by atoms with Crippen LogP contribution in [0.15, 0.2) is 5.38 Å². The Morgan fingerprint density at radius 1 is 1.25 bits per heavy atom. The first-order valence-corrected chi connectivity index (χ1v) is 7.83. The van der Waals surface area contributed by atoms with Crippen LogP contribution in [0, 0.1) is 12.8 Å². The molecule has 1 saturated heterocycles. The van der Waals surface area contributed by atoms with Gasteiger partial charge in [0.15, 0.2) is 0 Å². The van der Waals surface area contributed by atoms with Gasteiger partial charge in [-0.05, 0) is 6.92 Å². The monoisotopic (exact) mass is 295 g/mol. The average Bonchev–Trinajstić information content (AvgIpc) is 2.83. The Bertz CT molecular complexity index is 490. The minimum Gasteiger partial charge on any atom is -0.339 e. The zero-order chi connectivity index (χ0) is 14.7. The minimum absolute atomic E-state index is 0.0234. The molecule has 6 heteroatoms. The summed E-state index contributed by atoms with van der Waals surface area (Å²) in [5, 5.41) is 2.92. The summed E-state index contributed by atoms with van der Waals surface area (Å²) >= 11 is 1.57. The van der Waals surface area contributed by atoms with Gasteiger partial charge >= 0.3 is 0 Å². The highest BCUT2D eigenvalue weighted by atomic mass is 32.1. The molecule has 2 amide bonds. The van der Waals surface area contributed by atoms with Gasteiger partial charge < -0.3 is 9.80 Å². The summed E-state index contributed by atoms with van der Waals surface area (Å²) in [6, 6.07) is 0. The second kappa shape index (κ2) is 6.35. The molecule has 0 aromatic carbocycles. The first-order chi connectivity index (χ1) is 9.47. The standard InChI is InChI=1S/C14H21N3O2S/c1-10(2)14(19)17-6-4-16(5-7-17)13(18)8-12-9-20-11(3)15-12/h9-10H,4-8H2,1-3H3. The van der Waals surface area contributed by atoms with Gasteiger partial charge in [0.2, 0.25) is 11.8 Å². The highest BCUT2D eigenvalue weighted by Gasteiger charge is 2.25. The van der Waals surface area contributed by atoms with Gasteiger partial charge in [-0.1, -0.05) is 13.8 Å². The molecule has 0 N–H and O–H groups in total. The lowest BCUT2D eigenvalue weighted by Crippen LogP contribution is -2.51. The van der Waals surface area contributed by atoms with Crippen LogP contribution < -0.4 is 0 Å². The SMILES string of the molecule is Cc1nc(CC(=O)N2CCN(C(=O)C(C)C)CC2)cs1. The van der Waals surface area contributed by atoms with Crippen molar-refractivity contribution >= 4 is 23.2 Å². The molecule has 1 fully saturated rings. The molecule has 1 aromatic rings. The second-order valence-electron chi connectivity index (χ2n) is 5.40. The molecule has 0 radical (unpaired) electrons. The van der Waals surface area contributed by atoms with Crippen molar-refractivity contribution in [1.29, 1.82) is 0 Å². The molecular formula is C14H21N3O2S. The lowest BCUT2D eigenvalue weighted by molar-refractivity contribution is -0.141. The lowest BCUT2D eigenvalue weighted by atomic mass is 10.1. The summed E-state index contributed by atoms with van der Waals surface area (Å²) in [5.41, 5.74) is 0.846. The van der Waals surface area contributed by atoms with Crippen molar-refractivity contribution in [3.8, 4) is 0 Å². The van der Waals surface area contributed by atoms with Crippen LogP contribution in [0.3, 0.4) is 0 Å². The summed E-state index contributed by atoms with van der Waals surface area (Å²) < 4.78 is 0. The largest absolute Gasteiger partial charge is 0.339 e. The molecule has 0 unspecified atom stereocenters. The number of amides is 2. The maximum absolute atomic E-state index is 12.2. The van der Waals surface area contributed by atoms with E-state index in [0.29, 0.717) is 32.6 Å². The topological polar surface area (TPSA) is 53.5 Å². The van der Waals surface area contributed by atoms with E-state index in [1.807, 2.05) is 36.0 Å². The Labute approximate surface area is 123 Å². The summed E-state index contributed by atoms with van der Waals surface area (Å²) in [6.45, 7) is 8.28. The third-order valence-electron chi connectivity index (χ3n) is 3.44. The van der Waals surface area contributed by atoms with E-state index in [2.05, 4.69) is 4.98 Å². The summed E-state index contributed by atoms with van der Waals surface area (Å²) in [5.74, 6) is 0.300. The zero-order valence-corrected chi connectivity index (χ0v) is 13.1. The Morgan fingerprint density at radius 3 is 2.35 bits per heavy atom. The summed E-state index contributed by atoms with van der Waals surface area (Å²) in [6.07, 6.45) is 0.364. The number of thiazole rings is 1. The number of nitrogens with zero attached hydrogens (tertiary/aromatic N) is 3. The lowest BCUT2D eigenvalue weighted by Gasteiger charge is -2.35. The summed E-state index contributed by atoms with van der Waals surface area (Å²) in [4.78, 5) is 32.1. The quantitative estimate of drug-likeness (QED) is 0.845. The van der Waals surface area contributed by atoms with Crippen molar-refractivity contribution in [3.05, 3.63) is 16.1 Å². The Hall–Kier alpha value is -1.43. The Kier molecular flexibility index (Phi) is 4.75. The molecule has 110 valence electrons. The fraction of sp³-hybridized carbons (Fsp3) is 0.643.